The van der Waals surface area contributed by atoms with Crippen molar-refractivity contribution in [1.29, 1.82) is 0 Å². The van der Waals surface area contributed by atoms with Gasteiger partial charge in [0.05, 0.1) is 13.0 Å². The maximum absolute atomic E-state index is 13.0. The first-order valence-electron chi connectivity index (χ1n) is 14.6. The molecule has 1 fully saturated rings. The van der Waals surface area contributed by atoms with Crippen LogP contribution in [0.3, 0.4) is 0 Å². The van der Waals surface area contributed by atoms with E-state index in [-0.39, 0.29) is 36.6 Å². The van der Waals surface area contributed by atoms with Crippen LogP contribution in [0.5, 0.6) is 0 Å². The highest BCUT2D eigenvalue weighted by Gasteiger charge is 2.34. The van der Waals surface area contributed by atoms with Crippen molar-refractivity contribution in [2.45, 2.75) is 25.3 Å². The summed E-state index contributed by atoms with van der Waals surface area (Å²) >= 11 is 0. The molecular formula is C36H34N4O4. The lowest BCUT2D eigenvalue weighted by atomic mass is 10.1. The van der Waals surface area contributed by atoms with Crippen molar-refractivity contribution in [1.82, 2.24) is 10.2 Å². The van der Waals surface area contributed by atoms with Gasteiger partial charge in [0, 0.05) is 23.5 Å². The minimum absolute atomic E-state index is 0.103. The third-order valence-electron chi connectivity index (χ3n) is 7.33. The second-order valence-corrected chi connectivity index (χ2v) is 10.6. The predicted molar refractivity (Wildman–Crippen MR) is 173 cm³/mol. The van der Waals surface area contributed by atoms with Crippen molar-refractivity contribution in [3.05, 3.63) is 131 Å². The van der Waals surface area contributed by atoms with Crippen molar-refractivity contribution in [3.8, 4) is 0 Å². The predicted octanol–water partition coefficient (Wildman–Crippen LogP) is 5.40. The van der Waals surface area contributed by atoms with Gasteiger partial charge in [0.25, 0.3) is 5.91 Å². The van der Waals surface area contributed by atoms with Crippen LogP contribution in [0.1, 0.15) is 39.9 Å². The van der Waals surface area contributed by atoms with Gasteiger partial charge in [-0.2, -0.15) is 0 Å². The van der Waals surface area contributed by atoms with Crippen LogP contribution < -0.4 is 16.0 Å². The van der Waals surface area contributed by atoms with E-state index in [4.69, 9.17) is 0 Å². The van der Waals surface area contributed by atoms with Crippen molar-refractivity contribution in [2.24, 2.45) is 0 Å². The quantitative estimate of drug-likeness (QED) is 0.216. The molecule has 1 aliphatic rings. The molecule has 0 aliphatic carbocycles. The molecule has 3 N–H and O–H groups in total. The molecule has 0 radical (unpaired) electrons. The van der Waals surface area contributed by atoms with E-state index < -0.39 is 6.04 Å². The first kappa shape index (κ1) is 30.0. The molecule has 0 bridgehead atoms. The van der Waals surface area contributed by atoms with Crippen LogP contribution in [-0.2, 0) is 20.8 Å². The Balaban J connectivity index is 1.08. The minimum atomic E-state index is -0.492. The highest BCUT2D eigenvalue weighted by Crippen LogP contribution is 2.22. The van der Waals surface area contributed by atoms with Gasteiger partial charge in [-0.1, -0.05) is 84.9 Å². The van der Waals surface area contributed by atoms with Crippen molar-refractivity contribution >= 4 is 47.2 Å². The Hall–Kier alpha value is -5.50. The molecule has 8 nitrogen and oxygen atoms in total. The molecule has 4 aromatic rings. The molecule has 4 aromatic carbocycles. The molecule has 44 heavy (non-hydrogen) atoms. The van der Waals surface area contributed by atoms with Crippen molar-refractivity contribution in [2.75, 3.05) is 23.7 Å². The molecule has 1 atom stereocenters. The van der Waals surface area contributed by atoms with Gasteiger partial charge in [-0.15, -0.1) is 0 Å². The zero-order chi connectivity index (χ0) is 30.7. The molecule has 1 heterocycles. The lowest BCUT2D eigenvalue weighted by molar-refractivity contribution is -0.123. The zero-order valence-electron chi connectivity index (χ0n) is 24.2. The van der Waals surface area contributed by atoms with E-state index in [0.29, 0.717) is 29.9 Å². The Labute approximate surface area is 256 Å². The third kappa shape index (κ3) is 8.29. The normalized spacial score (nSPS) is 14.3. The van der Waals surface area contributed by atoms with E-state index in [0.717, 1.165) is 23.1 Å². The summed E-state index contributed by atoms with van der Waals surface area (Å²) in [6.07, 6.45) is 5.57. The Bertz CT molecular complexity index is 1620. The number of carbonyl (C=O) groups excluding carboxylic acids is 4. The second-order valence-electron chi connectivity index (χ2n) is 10.6. The first-order chi connectivity index (χ1) is 21.4. The summed E-state index contributed by atoms with van der Waals surface area (Å²) in [6.45, 7) is 0.463. The van der Waals surface area contributed by atoms with Gasteiger partial charge in [0.1, 0.15) is 6.04 Å². The van der Waals surface area contributed by atoms with Gasteiger partial charge in [0.15, 0.2) is 0 Å². The zero-order valence-corrected chi connectivity index (χ0v) is 24.2. The Kier molecular flexibility index (Phi) is 9.94. The molecule has 0 spiro atoms. The standard InChI is InChI=1S/C36H34N4O4/c41-33(24-28-8-3-1-4-9-28)37-25-34(42)38-30-19-15-26(16-20-30)13-14-27-17-21-31(22-18-27)39-35(43)32-12-7-23-40(32)36(44)29-10-5-2-6-11-29/h1-6,8-11,13-22,32H,7,12,23-25H2,(H,37,41)(H,38,42)(H,39,43)/b14-13+/t32-/m0/s1. The van der Waals surface area contributed by atoms with E-state index in [2.05, 4.69) is 16.0 Å². The average Bonchev–Trinajstić information content (AvgIpc) is 3.55. The lowest BCUT2D eigenvalue weighted by Gasteiger charge is -2.24. The molecule has 0 aromatic heterocycles. The largest absolute Gasteiger partial charge is 0.347 e. The molecule has 1 saturated heterocycles. The van der Waals surface area contributed by atoms with Crippen LogP contribution >= 0.6 is 0 Å². The summed E-state index contributed by atoms with van der Waals surface area (Å²) < 4.78 is 0. The summed E-state index contributed by atoms with van der Waals surface area (Å²) in [5.41, 5.74) is 4.68. The molecule has 5 rings (SSSR count). The topological polar surface area (TPSA) is 108 Å². The van der Waals surface area contributed by atoms with Crippen LogP contribution in [0.25, 0.3) is 12.2 Å². The van der Waals surface area contributed by atoms with E-state index in [9.17, 15) is 19.2 Å². The number of hydrogen-bond acceptors (Lipinski definition) is 4. The molecule has 1 aliphatic heterocycles. The number of anilines is 2. The van der Waals surface area contributed by atoms with E-state index >= 15 is 0 Å². The monoisotopic (exact) mass is 586 g/mol. The maximum Gasteiger partial charge on any atom is 0.254 e. The summed E-state index contributed by atoms with van der Waals surface area (Å²) in [6, 6.07) is 32.8. The summed E-state index contributed by atoms with van der Waals surface area (Å²) in [5.74, 6) is -0.817. The van der Waals surface area contributed by atoms with Crippen LogP contribution in [0.15, 0.2) is 109 Å². The molecule has 8 heteroatoms. The first-order valence-corrected chi connectivity index (χ1v) is 14.6. The summed E-state index contributed by atoms with van der Waals surface area (Å²) in [7, 11) is 0. The molecule has 4 amide bonds. The molecule has 222 valence electrons. The number of rotatable bonds is 10. The second kappa shape index (κ2) is 14.6. The minimum Gasteiger partial charge on any atom is -0.347 e. The van der Waals surface area contributed by atoms with Gasteiger partial charge >= 0.3 is 0 Å². The smallest absolute Gasteiger partial charge is 0.254 e. The Morgan fingerprint density at radius 3 is 1.86 bits per heavy atom. The molecular weight excluding hydrogens is 552 g/mol. The SMILES string of the molecule is O=C(Cc1ccccc1)NCC(=O)Nc1ccc(/C=C/c2ccc(NC(=O)[C@@H]3CCCN3C(=O)c3ccccc3)cc2)cc1. The summed E-state index contributed by atoms with van der Waals surface area (Å²) in [4.78, 5) is 51.9. The number of amides is 4. The van der Waals surface area contributed by atoms with Gasteiger partial charge in [-0.25, -0.2) is 0 Å². The van der Waals surface area contributed by atoms with Crippen LogP contribution in [0.4, 0.5) is 11.4 Å². The van der Waals surface area contributed by atoms with Gasteiger partial charge < -0.3 is 20.9 Å². The van der Waals surface area contributed by atoms with Gasteiger partial charge in [-0.3, -0.25) is 19.2 Å². The number of nitrogens with one attached hydrogen (secondary N) is 3. The van der Waals surface area contributed by atoms with Crippen molar-refractivity contribution in [3.63, 3.8) is 0 Å². The van der Waals surface area contributed by atoms with Crippen LogP contribution in [0, 0.1) is 0 Å². The van der Waals surface area contributed by atoms with Gasteiger partial charge in [0.2, 0.25) is 17.7 Å². The van der Waals surface area contributed by atoms with Crippen molar-refractivity contribution < 1.29 is 19.2 Å². The van der Waals surface area contributed by atoms with Crippen LogP contribution in [-0.4, -0.2) is 47.7 Å². The highest BCUT2D eigenvalue weighted by molar-refractivity contribution is 6.01. The van der Waals surface area contributed by atoms with E-state index in [1.54, 1.807) is 29.2 Å². The number of nitrogens with zero attached hydrogens (tertiary/aromatic N) is 1. The number of carbonyl (C=O) groups is 4. The molecule has 0 unspecified atom stereocenters. The number of benzene rings is 4. The van der Waals surface area contributed by atoms with E-state index in [1.807, 2.05) is 97.1 Å². The van der Waals surface area contributed by atoms with Gasteiger partial charge in [-0.05, 0) is 65.9 Å². The third-order valence-corrected chi connectivity index (χ3v) is 7.33. The van der Waals surface area contributed by atoms with Crippen LogP contribution in [0.2, 0.25) is 0 Å². The maximum atomic E-state index is 13.0. The Morgan fingerprint density at radius 2 is 1.25 bits per heavy atom. The fraction of sp³-hybridized carbons (Fsp3) is 0.167. The summed E-state index contributed by atoms with van der Waals surface area (Å²) in [5, 5.41) is 8.38. The number of hydrogen-bond donors (Lipinski definition) is 3. The lowest BCUT2D eigenvalue weighted by Crippen LogP contribution is -2.43. The average molecular weight is 587 g/mol. The van der Waals surface area contributed by atoms with E-state index in [1.165, 1.54) is 0 Å². The molecule has 0 saturated carbocycles. The number of likely N-dealkylation sites (tertiary alicyclic amines) is 1. The highest BCUT2D eigenvalue weighted by atomic mass is 16.2. The fourth-order valence-electron chi connectivity index (χ4n) is 5.03. The Morgan fingerprint density at radius 1 is 0.682 bits per heavy atom. The fourth-order valence-corrected chi connectivity index (χ4v) is 5.03.